The number of pyridine rings is 2. The maximum atomic E-state index is 4.75. The predicted octanol–water partition coefficient (Wildman–Crippen LogP) is 6.75. The van der Waals surface area contributed by atoms with E-state index in [1.165, 1.54) is 32.3 Å². The van der Waals surface area contributed by atoms with E-state index in [0.717, 1.165) is 22.5 Å². The summed E-state index contributed by atoms with van der Waals surface area (Å²) < 4.78 is 0. The Balaban J connectivity index is 0.000000213. The van der Waals surface area contributed by atoms with Crippen LogP contribution in [0.3, 0.4) is 0 Å². The van der Waals surface area contributed by atoms with Gasteiger partial charge in [0.25, 0.3) is 0 Å². The zero-order valence-electron chi connectivity index (χ0n) is 23.5. The Kier molecular flexibility index (Phi) is 8.67. The Morgan fingerprint density at radius 3 is 2.03 bits per heavy atom. The van der Waals surface area contributed by atoms with Gasteiger partial charge in [-0.05, 0) is 34.6 Å². The van der Waals surface area contributed by atoms with Gasteiger partial charge in [0.05, 0.1) is 16.1 Å². The molecule has 0 saturated carbocycles. The molecule has 0 aliphatic carbocycles. The van der Waals surface area contributed by atoms with Gasteiger partial charge in [-0.25, -0.2) is 0 Å². The van der Waals surface area contributed by atoms with Crippen molar-refractivity contribution >= 4 is 31.7 Å². The molecule has 5 aromatic rings. The zero-order chi connectivity index (χ0) is 26.9. The fourth-order valence-corrected chi connectivity index (χ4v) is 9.01. The topological polar surface area (TPSA) is 25.8 Å². The summed E-state index contributed by atoms with van der Waals surface area (Å²) >= 11 is 0. The largest absolute Gasteiger partial charge is 0.305 e. The third-order valence-corrected chi connectivity index (χ3v) is 12.9. The monoisotopic (exact) mass is 719 g/mol. The summed E-state index contributed by atoms with van der Waals surface area (Å²) in [5.74, 6) is 0. The molecule has 0 saturated heterocycles. The molecule has 1 aliphatic rings. The number of hydrogen-bond donors (Lipinski definition) is 0. The number of fused-ring (bicyclic) bond motifs is 3. The standard InChI is InChI=1S/C22H24NSi2.C12H10N.Ir/c1-24(2,3)17-11-12-20(23-15-17)16-10-13-22-19(14-16)18-8-6-7-9-21(18)25(22,4)5;1-10-7-8-12(13-9-10)11-5-3-2-4-6-11;/h6-9,11-15H,1-5H3;2-5,7-9H,1H3;/q2*-1;. The Morgan fingerprint density at radius 1 is 0.692 bits per heavy atom. The van der Waals surface area contributed by atoms with Crippen molar-refractivity contribution in [3.05, 3.63) is 115 Å². The Labute approximate surface area is 249 Å². The van der Waals surface area contributed by atoms with Crippen molar-refractivity contribution in [2.75, 3.05) is 0 Å². The van der Waals surface area contributed by atoms with Gasteiger partial charge in [0.15, 0.2) is 0 Å². The minimum Gasteiger partial charge on any atom is -0.305 e. The van der Waals surface area contributed by atoms with Gasteiger partial charge in [0, 0.05) is 32.5 Å². The second-order valence-electron chi connectivity index (χ2n) is 11.5. The van der Waals surface area contributed by atoms with Gasteiger partial charge in [-0.1, -0.05) is 92.0 Å². The van der Waals surface area contributed by atoms with Gasteiger partial charge in [-0.2, -0.15) is 0 Å². The Hall–Kier alpha value is -2.96. The van der Waals surface area contributed by atoms with Crippen LogP contribution in [-0.2, 0) is 20.1 Å². The fraction of sp³-hybridized carbons (Fsp3) is 0.176. The van der Waals surface area contributed by atoms with Crippen LogP contribution in [-0.4, -0.2) is 26.1 Å². The molecule has 1 radical (unpaired) electrons. The van der Waals surface area contributed by atoms with Crippen LogP contribution < -0.4 is 15.6 Å². The summed E-state index contributed by atoms with van der Waals surface area (Å²) in [5.41, 5.74) is 8.12. The molecule has 0 bridgehead atoms. The van der Waals surface area contributed by atoms with Crippen molar-refractivity contribution in [2.45, 2.75) is 39.7 Å². The number of aryl methyl sites for hydroxylation is 1. The molecule has 2 nitrogen and oxygen atoms in total. The number of hydrogen-bond acceptors (Lipinski definition) is 2. The third-order valence-electron chi connectivity index (χ3n) is 7.32. The zero-order valence-corrected chi connectivity index (χ0v) is 27.9. The maximum Gasteiger partial charge on any atom is 0.0795 e. The first-order valence-corrected chi connectivity index (χ1v) is 19.7. The van der Waals surface area contributed by atoms with E-state index in [9.17, 15) is 0 Å². The average Bonchev–Trinajstić information content (AvgIpc) is 3.16. The molecule has 0 amide bonds. The van der Waals surface area contributed by atoms with Crippen LogP contribution in [0.2, 0.25) is 32.7 Å². The summed E-state index contributed by atoms with van der Waals surface area (Å²) in [5, 5.41) is 4.44. The molecule has 5 heteroatoms. The Bertz CT molecular complexity index is 1560. The summed E-state index contributed by atoms with van der Waals surface area (Å²) in [6.07, 6.45) is 3.94. The van der Waals surface area contributed by atoms with Crippen molar-refractivity contribution in [2.24, 2.45) is 0 Å². The Morgan fingerprint density at radius 2 is 1.38 bits per heavy atom. The van der Waals surface area contributed by atoms with E-state index in [4.69, 9.17) is 4.98 Å². The van der Waals surface area contributed by atoms with E-state index in [2.05, 4.69) is 111 Å². The number of benzene rings is 3. The minimum absolute atomic E-state index is 0. The third kappa shape index (κ3) is 6.12. The molecule has 0 N–H and O–H groups in total. The molecular formula is C34H34IrN2Si2-2. The van der Waals surface area contributed by atoms with Crippen molar-refractivity contribution in [3.63, 3.8) is 0 Å². The maximum absolute atomic E-state index is 4.75. The predicted molar refractivity (Wildman–Crippen MR) is 167 cm³/mol. The number of rotatable bonds is 3. The first kappa shape index (κ1) is 29.0. The second-order valence-corrected chi connectivity index (χ2v) is 20.9. The molecule has 6 rings (SSSR count). The van der Waals surface area contributed by atoms with E-state index >= 15 is 0 Å². The van der Waals surface area contributed by atoms with Crippen LogP contribution in [0.4, 0.5) is 0 Å². The fourth-order valence-electron chi connectivity index (χ4n) is 4.96. The van der Waals surface area contributed by atoms with Gasteiger partial charge in [-0.3, -0.25) is 0 Å². The van der Waals surface area contributed by atoms with Crippen LogP contribution in [0.25, 0.3) is 33.6 Å². The number of aromatic nitrogens is 2. The molecule has 0 unspecified atom stereocenters. The first-order valence-electron chi connectivity index (χ1n) is 13.2. The molecule has 3 heterocycles. The second kappa shape index (κ2) is 11.6. The van der Waals surface area contributed by atoms with Crippen LogP contribution in [0, 0.1) is 19.1 Å². The van der Waals surface area contributed by atoms with Gasteiger partial charge in [0.2, 0.25) is 0 Å². The smallest absolute Gasteiger partial charge is 0.0795 e. The van der Waals surface area contributed by atoms with Crippen LogP contribution >= 0.6 is 0 Å². The van der Waals surface area contributed by atoms with E-state index in [0.29, 0.717) is 0 Å². The molecule has 0 fully saturated rings. The van der Waals surface area contributed by atoms with E-state index in [-0.39, 0.29) is 20.1 Å². The van der Waals surface area contributed by atoms with Gasteiger partial charge >= 0.3 is 0 Å². The van der Waals surface area contributed by atoms with Crippen LogP contribution in [0.1, 0.15) is 5.56 Å². The summed E-state index contributed by atoms with van der Waals surface area (Å²) in [4.78, 5) is 9.07. The molecule has 1 aliphatic heterocycles. The first-order chi connectivity index (χ1) is 18.1. The average molecular weight is 719 g/mol. The quantitative estimate of drug-likeness (QED) is 0.153. The van der Waals surface area contributed by atoms with Crippen LogP contribution in [0.5, 0.6) is 0 Å². The number of nitrogens with zero attached hydrogens (tertiary/aromatic N) is 2. The van der Waals surface area contributed by atoms with Crippen LogP contribution in [0.15, 0.2) is 97.3 Å². The van der Waals surface area contributed by atoms with Crippen molar-refractivity contribution < 1.29 is 20.1 Å². The molecule has 3 aromatic carbocycles. The molecular weight excluding hydrogens is 685 g/mol. The summed E-state index contributed by atoms with van der Waals surface area (Å²) in [7, 11) is -2.89. The molecule has 2 aromatic heterocycles. The van der Waals surface area contributed by atoms with E-state index in [1.807, 2.05) is 43.5 Å². The molecule has 199 valence electrons. The molecule has 0 spiro atoms. The van der Waals surface area contributed by atoms with Crippen molar-refractivity contribution in [3.8, 4) is 33.6 Å². The van der Waals surface area contributed by atoms with Crippen molar-refractivity contribution in [1.29, 1.82) is 0 Å². The van der Waals surface area contributed by atoms with E-state index < -0.39 is 16.1 Å². The van der Waals surface area contributed by atoms with Gasteiger partial charge < -0.3 is 9.97 Å². The van der Waals surface area contributed by atoms with E-state index in [1.54, 1.807) is 0 Å². The van der Waals surface area contributed by atoms with Gasteiger partial charge in [0.1, 0.15) is 0 Å². The van der Waals surface area contributed by atoms with Gasteiger partial charge in [-0.15, -0.1) is 64.8 Å². The summed E-state index contributed by atoms with van der Waals surface area (Å²) in [6, 6.07) is 36.4. The summed E-state index contributed by atoms with van der Waals surface area (Å²) in [6.45, 7) is 14.0. The minimum atomic E-state index is -1.59. The molecule has 0 atom stereocenters. The normalized spacial score (nSPS) is 12.9. The SMILES string of the molecule is C[Si](C)(C)c1ccc(-c2[c-]cc3c(c2)-c2ccccc2[Si]3(C)C)nc1.Cc1ccc(-c2[c-]cccc2)nc1.[Ir]. The van der Waals surface area contributed by atoms with Crippen molar-refractivity contribution in [1.82, 2.24) is 9.97 Å². The molecule has 39 heavy (non-hydrogen) atoms.